The summed E-state index contributed by atoms with van der Waals surface area (Å²) in [6.07, 6.45) is 1.18. The van der Waals surface area contributed by atoms with Crippen molar-refractivity contribution < 1.29 is 12.8 Å². The van der Waals surface area contributed by atoms with E-state index >= 15 is 0 Å². The van der Waals surface area contributed by atoms with E-state index in [1.54, 1.807) is 23.7 Å². The Bertz CT molecular complexity index is 918. The van der Waals surface area contributed by atoms with E-state index in [1.807, 2.05) is 6.07 Å². The molecule has 1 aromatic heterocycles. The molecule has 1 fully saturated rings. The number of hydrogen-bond acceptors (Lipinski definition) is 6. The van der Waals surface area contributed by atoms with Gasteiger partial charge < -0.3 is 4.57 Å². The van der Waals surface area contributed by atoms with Gasteiger partial charge in [0.25, 0.3) is 0 Å². The highest BCUT2D eigenvalue weighted by atomic mass is 32.2. The zero-order chi connectivity index (χ0) is 17.3. The monoisotopic (exact) mass is 366 g/mol. The molecule has 24 heavy (non-hydrogen) atoms. The third-order valence-corrected chi connectivity index (χ3v) is 6.95. The second-order valence-corrected chi connectivity index (χ2v) is 9.00. The van der Waals surface area contributed by atoms with E-state index in [-0.39, 0.29) is 23.0 Å². The van der Waals surface area contributed by atoms with E-state index in [0.717, 1.165) is 0 Å². The fourth-order valence-corrected chi connectivity index (χ4v) is 5.47. The van der Waals surface area contributed by atoms with Gasteiger partial charge in [-0.3, -0.25) is 0 Å². The number of hydrogen-bond donors (Lipinski definition) is 0. The van der Waals surface area contributed by atoms with E-state index in [4.69, 9.17) is 5.26 Å². The summed E-state index contributed by atoms with van der Waals surface area (Å²) >= 11 is 1.17. The van der Waals surface area contributed by atoms with Crippen molar-refractivity contribution in [2.24, 2.45) is 13.0 Å². The predicted molar refractivity (Wildman–Crippen MR) is 86.7 cm³/mol. The second-order valence-electron chi connectivity index (χ2n) is 5.76. The van der Waals surface area contributed by atoms with Gasteiger partial charge in [0, 0.05) is 18.4 Å². The molecule has 0 radical (unpaired) electrons. The fourth-order valence-electron chi connectivity index (χ4n) is 2.70. The molecule has 3 rings (SSSR count). The summed E-state index contributed by atoms with van der Waals surface area (Å²) < 4.78 is 38.5. The molecule has 126 valence electrons. The van der Waals surface area contributed by atoms with Crippen LogP contribution in [0.2, 0.25) is 0 Å². The molecule has 0 N–H and O–H groups in total. The summed E-state index contributed by atoms with van der Waals surface area (Å²) in [7, 11) is -1.14. The SMILES string of the molecule is Cn1c(CC2CCS(=O)(=O)C2)nnc1Sc1cccc(F)c1C#N. The lowest BCUT2D eigenvalue weighted by atomic mass is 10.1. The Morgan fingerprint density at radius 3 is 2.92 bits per heavy atom. The molecular weight excluding hydrogens is 351 g/mol. The topological polar surface area (TPSA) is 88.6 Å². The van der Waals surface area contributed by atoms with Crippen molar-refractivity contribution in [3.8, 4) is 6.07 Å². The third-order valence-electron chi connectivity index (χ3n) is 4.01. The summed E-state index contributed by atoms with van der Waals surface area (Å²) in [5, 5.41) is 17.8. The first-order valence-electron chi connectivity index (χ1n) is 7.35. The van der Waals surface area contributed by atoms with Crippen molar-refractivity contribution >= 4 is 21.6 Å². The lowest BCUT2D eigenvalue weighted by molar-refractivity contribution is 0.552. The van der Waals surface area contributed by atoms with E-state index in [0.29, 0.717) is 28.7 Å². The van der Waals surface area contributed by atoms with Gasteiger partial charge in [-0.05, 0) is 36.2 Å². The van der Waals surface area contributed by atoms with Gasteiger partial charge in [-0.25, -0.2) is 12.8 Å². The number of sulfone groups is 1. The largest absolute Gasteiger partial charge is 0.309 e. The first-order valence-corrected chi connectivity index (χ1v) is 9.98. The number of halogens is 1. The Hall–Kier alpha value is -1.92. The molecule has 6 nitrogen and oxygen atoms in total. The maximum absolute atomic E-state index is 13.7. The molecule has 0 amide bonds. The number of aromatic nitrogens is 3. The minimum atomic E-state index is -2.92. The summed E-state index contributed by atoms with van der Waals surface area (Å²) in [5.41, 5.74) is -0.0195. The molecule has 1 atom stereocenters. The van der Waals surface area contributed by atoms with Crippen LogP contribution in [0, 0.1) is 23.1 Å². The molecule has 1 saturated heterocycles. The van der Waals surface area contributed by atoms with Gasteiger partial charge in [-0.1, -0.05) is 6.07 Å². The molecule has 1 aliphatic rings. The summed E-state index contributed by atoms with van der Waals surface area (Å²) in [5.74, 6) is 0.590. The molecule has 1 aliphatic heterocycles. The van der Waals surface area contributed by atoms with Crippen LogP contribution in [0.4, 0.5) is 4.39 Å². The lowest BCUT2D eigenvalue weighted by Crippen LogP contribution is -2.11. The van der Waals surface area contributed by atoms with Crippen LogP contribution in [-0.4, -0.2) is 34.7 Å². The van der Waals surface area contributed by atoms with E-state index in [2.05, 4.69) is 10.2 Å². The molecule has 9 heteroatoms. The zero-order valence-corrected chi connectivity index (χ0v) is 14.6. The maximum Gasteiger partial charge on any atom is 0.195 e. The quantitative estimate of drug-likeness (QED) is 0.822. The minimum Gasteiger partial charge on any atom is -0.309 e. The van der Waals surface area contributed by atoms with Crippen molar-refractivity contribution in [3.05, 3.63) is 35.4 Å². The smallest absolute Gasteiger partial charge is 0.195 e. The van der Waals surface area contributed by atoms with Crippen LogP contribution in [0.3, 0.4) is 0 Å². The fraction of sp³-hybridized carbons (Fsp3) is 0.400. The van der Waals surface area contributed by atoms with Gasteiger partial charge in [-0.15, -0.1) is 10.2 Å². The second kappa shape index (κ2) is 6.53. The average molecular weight is 366 g/mol. The molecular formula is C15H15FN4O2S2. The van der Waals surface area contributed by atoms with E-state index in [1.165, 1.54) is 17.8 Å². The first-order chi connectivity index (χ1) is 11.4. The highest BCUT2D eigenvalue weighted by molar-refractivity contribution is 7.99. The van der Waals surface area contributed by atoms with Crippen LogP contribution < -0.4 is 0 Å². The Morgan fingerprint density at radius 2 is 2.25 bits per heavy atom. The molecule has 0 aliphatic carbocycles. The summed E-state index contributed by atoms with van der Waals surface area (Å²) in [6, 6.07) is 6.30. The molecule has 0 bridgehead atoms. The van der Waals surface area contributed by atoms with Gasteiger partial charge in [-0.2, -0.15) is 5.26 Å². The standard InChI is InChI=1S/C15H15FN4O2S2/c1-20-14(7-10-5-6-24(21,22)9-10)18-19-15(20)23-13-4-2-3-12(16)11(13)8-17/h2-4,10H,5-7,9H2,1H3. The van der Waals surface area contributed by atoms with Crippen LogP contribution >= 0.6 is 11.8 Å². The van der Waals surface area contributed by atoms with Gasteiger partial charge in [0.1, 0.15) is 23.3 Å². The Morgan fingerprint density at radius 1 is 1.46 bits per heavy atom. The Labute approximate surface area is 143 Å². The number of nitriles is 1. The molecule has 0 spiro atoms. The minimum absolute atomic E-state index is 0.0195. The van der Waals surface area contributed by atoms with Crippen LogP contribution in [0.1, 0.15) is 17.8 Å². The van der Waals surface area contributed by atoms with Crippen molar-refractivity contribution in [2.75, 3.05) is 11.5 Å². The number of nitrogens with zero attached hydrogens (tertiary/aromatic N) is 4. The van der Waals surface area contributed by atoms with Gasteiger partial charge in [0.2, 0.25) is 0 Å². The van der Waals surface area contributed by atoms with E-state index in [9.17, 15) is 12.8 Å². The number of benzene rings is 1. The van der Waals surface area contributed by atoms with Crippen molar-refractivity contribution in [1.82, 2.24) is 14.8 Å². The van der Waals surface area contributed by atoms with Gasteiger partial charge >= 0.3 is 0 Å². The normalized spacial score (nSPS) is 19.3. The van der Waals surface area contributed by atoms with Crippen LogP contribution in [0.25, 0.3) is 0 Å². The van der Waals surface area contributed by atoms with Crippen molar-refractivity contribution in [1.29, 1.82) is 5.26 Å². The first kappa shape index (κ1) is 16.9. The average Bonchev–Trinajstić information content (AvgIpc) is 3.04. The van der Waals surface area contributed by atoms with Crippen LogP contribution in [-0.2, 0) is 23.3 Å². The molecule has 2 aromatic rings. The molecule has 2 heterocycles. The highest BCUT2D eigenvalue weighted by Crippen LogP contribution is 2.31. The highest BCUT2D eigenvalue weighted by Gasteiger charge is 2.29. The molecule has 0 saturated carbocycles. The van der Waals surface area contributed by atoms with Crippen molar-refractivity contribution in [2.45, 2.75) is 22.9 Å². The molecule has 1 aromatic carbocycles. The van der Waals surface area contributed by atoms with Crippen LogP contribution in [0.15, 0.2) is 28.3 Å². The zero-order valence-electron chi connectivity index (χ0n) is 12.9. The Balaban J connectivity index is 1.79. The van der Waals surface area contributed by atoms with Gasteiger partial charge in [0.05, 0.1) is 11.5 Å². The van der Waals surface area contributed by atoms with Crippen LogP contribution in [0.5, 0.6) is 0 Å². The van der Waals surface area contributed by atoms with E-state index < -0.39 is 15.7 Å². The van der Waals surface area contributed by atoms with Crippen molar-refractivity contribution in [3.63, 3.8) is 0 Å². The summed E-state index contributed by atoms with van der Waals surface area (Å²) in [6.45, 7) is 0. The molecule has 1 unspecified atom stereocenters. The Kier molecular flexibility index (Phi) is 4.60. The lowest BCUT2D eigenvalue weighted by Gasteiger charge is -2.08. The number of rotatable bonds is 4. The summed E-state index contributed by atoms with van der Waals surface area (Å²) in [4.78, 5) is 0.475. The maximum atomic E-state index is 13.7. The van der Waals surface area contributed by atoms with Gasteiger partial charge in [0.15, 0.2) is 15.0 Å². The predicted octanol–water partition coefficient (Wildman–Crippen LogP) is 1.95. The third kappa shape index (κ3) is 3.44.